The van der Waals surface area contributed by atoms with Gasteiger partial charge in [0, 0.05) is 13.1 Å². The Bertz CT molecular complexity index is 341. The summed E-state index contributed by atoms with van der Waals surface area (Å²) in [5, 5.41) is 9.74. The number of aromatic hydroxyl groups is 1. The quantitative estimate of drug-likeness (QED) is 0.853. The summed E-state index contributed by atoms with van der Waals surface area (Å²) in [5.74, 6) is 0.854. The molecule has 0 spiro atoms. The van der Waals surface area contributed by atoms with E-state index in [4.69, 9.17) is 11.6 Å². The maximum absolute atomic E-state index is 9.32. The first-order chi connectivity index (χ1) is 7.52. The number of phenolic OH excluding ortho intramolecular Hbond substituents is 1. The summed E-state index contributed by atoms with van der Waals surface area (Å²) >= 11 is 5.86. The van der Waals surface area contributed by atoms with Crippen LogP contribution in [0.1, 0.15) is 25.8 Å². The van der Waals surface area contributed by atoms with Crippen molar-refractivity contribution < 1.29 is 5.11 Å². The molecule has 1 atom stereocenters. The summed E-state index contributed by atoms with van der Waals surface area (Å²) in [6, 6.07) is 5.38. The van der Waals surface area contributed by atoms with E-state index in [1.54, 1.807) is 6.07 Å². The third kappa shape index (κ3) is 4.03. The molecule has 3 heteroatoms. The lowest BCUT2D eigenvalue weighted by molar-refractivity contribution is 0.275. The van der Waals surface area contributed by atoms with Gasteiger partial charge in [0.15, 0.2) is 0 Å². The third-order valence-corrected chi connectivity index (χ3v) is 3.09. The van der Waals surface area contributed by atoms with Crippen LogP contribution in [0, 0.1) is 5.92 Å². The molecule has 1 aromatic carbocycles. The van der Waals surface area contributed by atoms with Gasteiger partial charge in [-0.2, -0.15) is 0 Å². The van der Waals surface area contributed by atoms with Crippen LogP contribution in [0.5, 0.6) is 5.75 Å². The molecule has 0 aliphatic carbocycles. The molecule has 0 radical (unpaired) electrons. The molecule has 2 nitrogen and oxygen atoms in total. The molecule has 1 rings (SSSR count). The van der Waals surface area contributed by atoms with Gasteiger partial charge in [0.25, 0.3) is 0 Å². The van der Waals surface area contributed by atoms with E-state index in [-0.39, 0.29) is 5.75 Å². The average Bonchev–Trinajstić information content (AvgIpc) is 2.23. The monoisotopic (exact) mass is 241 g/mol. The molecule has 0 saturated heterocycles. The minimum atomic E-state index is 0.148. The van der Waals surface area contributed by atoms with Gasteiger partial charge in [-0.3, -0.25) is 0 Å². The van der Waals surface area contributed by atoms with Gasteiger partial charge in [-0.25, -0.2) is 0 Å². The van der Waals surface area contributed by atoms with Crippen LogP contribution in [0.25, 0.3) is 0 Å². The van der Waals surface area contributed by atoms with Crippen LogP contribution in [-0.2, 0) is 6.54 Å². The molecule has 1 aromatic rings. The highest BCUT2D eigenvalue weighted by molar-refractivity contribution is 6.32. The molecule has 1 N–H and O–H groups in total. The number of phenols is 1. The van der Waals surface area contributed by atoms with Gasteiger partial charge in [0.2, 0.25) is 0 Å². The van der Waals surface area contributed by atoms with Crippen molar-refractivity contribution >= 4 is 11.6 Å². The SMILES string of the molecule is CCC(C)CN(C)Cc1ccc(O)c(Cl)c1. The smallest absolute Gasteiger partial charge is 0.134 e. The molecule has 0 fully saturated rings. The zero-order valence-corrected chi connectivity index (χ0v) is 11.0. The number of nitrogens with zero attached hydrogens (tertiary/aromatic N) is 1. The van der Waals surface area contributed by atoms with Gasteiger partial charge >= 0.3 is 0 Å². The van der Waals surface area contributed by atoms with E-state index in [2.05, 4.69) is 25.8 Å². The second kappa shape index (κ2) is 6.12. The molecule has 0 aromatic heterocycles. The summed E-state index contributed by atoms with van der Waals surface area (Å²) in [6.45, 7) is 6.40. The van der Waals surface area contributed by atoms with Crippen molar-refractivity contribution in [2.45, 2.75) is 26.8 Å². The lowest BCUT2D eigenvalue weighted by Gasteiger charge is -2.20. The predicted molar refractivity (Wildman–Crippen MR) is 68.9 cm³/mol. The topological polar surface area (TPSA) is 23.5 Å². The Hall–Kier alpha value is -0.730. The van der Waals surface area contributed by atoms with Gasteiger partial charge in [-0.05, 0) is 30.7 Å². The molecule has 1 unspecified atom stereocenters. The van der Waals surface area contributed by atoms with Crippen LogP contribution in [0.2, 0.25) is 5.02 Å². The first-order valence-electron chi connectivity index (χ1n) is 5.68. The Morgan fingerprint density at radius 2 is 2.12 bits per heavy atom. The van der Waals surface area contributed by atoms with E-state index in [1.807, 2.05) is 12.1 Å². The highest BCUT2D eigenvalue weighted by Gasteiger charge is 2.06. The van der Waals surface area contributed by atoms with Gasteiger partial charge < -0.3 is 10.0 Å². The minimum absolute atomic E-state index is 0.148. The molecule has 0 bridgehead atoms. The second-order valence-electron chi connectivity index (χ2n) is 4.50. The van der Waals surface area contributed by atoms with E-state index in [9.17, 15) is 5.11 Å². The summed E-state index contributed by atoms with van der Waals surface area (Å²) in [5.41, 5.74) is 1.13. The number of rotatable bonds is 5. The Kier molecular flexibility index (Phi) is 5.10. The zero-order valence-electron chi connectivity index (χ0n) is 10.2. The van der Waals surface area contributed by atoms with E-state index in [0.717, 1.165) is 18.7 Å². The molecular formula is C13H20ClNO. The fourth-order valence-corrected chi connectivity index (χ4v) is 1.89. The first-order valence-corrected chi connectivity index (χ1v) is 6.06. The van der Waals surface area contributed by atoms with Gasteiger partial charge in [0.05, 0.1) is 5.02 Å². The summed E-state index contributed by atoms with van der Waals surface area (Å²) in [4.78, 5) is 2.27. The Morgan fingerprint density at radius 1 is 1.44 bits per heavy atom. The van der Waals surface area contributed by atoms with Crippen molar-refractivity contribution in [1.29, 1.82) is 0 Å². The molecular weight excluding hydrogens is 222 g/mol. The lowest BCUT2D eigenvalue weighted by Crippen LogP contribution is -2.23. The second-order valence-corrected chi connectivity index (χ2v) is 4.90. The highest BCUT2D eigenvalue weighted by atomic mass is 35.5. The molecule has 90 valence electrons. The first kappa shape index (κ1) is 13.3. The van der Waals surface area contributed by atoms with Crippen LogP contribution in [-0.4, -0.2) is 23.6 Å². The van der Waals surface area contributed by atoms with Crippen molar-refractivity contribution in [2.75, 3.05) is 13.6 Å². The largest absolute Gasteiger partial charge is 0.506 e. The van der Waals surface area contributed by atoms with Crippen LogP contribution in [0.15, 0.2) is 18.2 Å². The molecule has 0 amide bonds. The highest BCUT2D eigenvalue weighted by Crippen LogP contribution is 2.24. The van der Waals surface area contributed by atoms with Crippen molar-refractivity contribution in [1.82, 2.24) is 4.90 Å². The minimum Gasteiger partial charge on any atom is -0.506 e. The maximum atomic E-state index is 9.32. The van der Waals surface area contributed by atoms with Crippen LogP contribution >= 0.6 is 11.6 Å². The van der Waals surface area contributed by atoms with Crippen molar-refractivity contribution in [3.63, 3.8) is 0 Å². The van der Waals surface area contributed by atoms with Gasteiger partial charge in [-0.15, -0.1) is 0 Å². The Balaban J connectivity index is 2.56. The van der Waals surface area contributed by atoms with E-state index < -0.39 is 0 Å². The van der Waals surface area contributed by atoms with E-state index in [1.165, 1.54) is 6.42 Å². The van der Waals surface area contributed by atoms with E-state index in [0.29, 0.717) is 10.9 Å². The molecule has 0 heterocycles. The van der Waals surface area contributed by atoms with Crippen molar-refractivity contribution in [2.24, 2.45) is 5.92 Å². The molecule has 0 aliphatic rings. The Labute approximate surface area is 103 Å². The predicted octanol–water partition coefficient (Wildman–Crippen LogP) is 3.52. The summed E-state index contributed by atoms with van der Waals surface area (Å²) in [6.07, 6.45) is 1.20. The number of hydrogen-bond acceptors (Lipinski definition) is 2. The van der Waals surface area contributed by atoms with Gasteiger partial charge in [0.1, 0.15) is 5.75 Å². The fourth-order valence-electron chi connectivity index (χ4n) is 1.69. The number of benzene rings is 1. The van der Waals surface area contributed by atoms with E-state index >= 15 is 0 Å². The lowest BCUT2D eigenvalue weighted by atomic mass is 10.1. The zero-order chi connectivity index (χ0) is 12.1. The number of hydrogen-bond donors (Lipinski definition) is 1. The molecule has 0 aliphatic heterocycles. The Morgan fingerprint density at radius 3 is 2.69 bits per heavy atom. The normalized spacial score (nSPS) is 13.1. The standard InChI is InChI=1S/C13H20ClNO/c1-4-10(2)8-15(3)9-11-5-6-13(16)12(14)7-11/h5-7,10,16H,4,8-9H2,1-3H3. The van der Waals surface area contributed by atoms with Crippen molar-refractivity contribution in [3.8, 4) is 5.75 Å². The molecule has 16 heavy (non-hydrogen) atoms. The maximum Gasteiger partial charge on any atom is 0.134 e. The van der Waals surface area contributed by atoms with Crippen molar-refractivity contribution in [3.05, 3.63) is 28.8 Å². The third-order valence-electron chi connectivity index (χ3n) is 2.78. The summed E-state index contributed by atoms with van der Waals surface area (Å²) < 4.78 is 0. The van der Waals surface area contributed by atoms with Crippen LogP contribution in [0.4, 0.5) is 0 Å². The molecule has 0 saturated carbocycles. The number of halogens is 1. The van der Waals surface area contributed by atoms with Crippen LogP contribution < -0.4 is 0 Å². The average molecular weight is 242 g/mol. The fraction of sp³-hybridized carbons (Fsp3) is 0.538. The van der Waals surface area contributed by atoms with Gasteiger partial charge in [-0.1, -0.05) is 37.9 Å². The van der Waals surface area contributed by atoms with Crippen LogP contribution in [0.3, 0.4) is 0 Å². The summed E-state index contributed by atoms with van der Waals surface area (Å²) in [7, 11) is 2.10.